The molecule has 3 unspecified atom stereocenters. The number of aromatic nitrogens is 2. The van der Waals surface area contributed by atoms with E-state index in [0.29, 0.717) is 56.6 Å². The Kier molecular flexibility index (Phi) is 8.35. The lowest BCUT2D eigenvalue weighted by atomic mass is 9.94. The van der Waals surface area contributed by atoms with Crippen LogP contribution in [-0.4, -0.2) is 72.2 Å². The van der Waals surface area contributed by atoms with Gasteiger partial charge < -0.3 is 20.5 Å². The van der Waals surface area contributed by atoms with Crippen molar-refractivity contribution in [2.24, 2.45) is 16.6 Å². The van der Waals surface area contributed by atoms with E-state index in [1.54, 1.807) is 17.1 Å². The normalized spacial score (nSPS) is 29.0. The highest BCUT2D eigenvalue weighted by atomic mass is 19.1. The quantitative estimate of drug-likeness (QED) is 0.637. The summed E-state index contributed by atoms with van der Waals surface area (Å²) in [7, 11) is 1.43. The smallest absolute Gasteiger partial charge is 0.179 e. The van der Waals surface area contributed by atoms with Crippen LogP contribution in [0.4, 0.5) is 8.78 Å². The molecule has 8 nitrogen and oxygen atoms in total. The number of hydrogen-bond acceptors (Lipinski definition) is 7. The molecule has 4 heterocycles. The Morgan fingerprint density at radius 1 is 1.37 bits per heavy atom. The van der Waals surface area contributed by atoms with Gasteiger partial charge in [0.15, 0.2) is 12.1 Å². The molecule has 0 radical (unpaired) electrons. The molecule has 2 fully saturated rings. The fraction of sp³-hybridized carbons (Fsp3) is 0.600. The van der Waals surface area contributed by atoms with Crippen molar-refractivity contribution in [2.75, 3.05) is 33.4 Å². The average molecular weight is 491 g/mol. The largest absolute Gasteiger partial charge is 0.398 e. The SMILES string of the molecule is COC1NC=C(N=C2CCOCCC2=C(N)c2cnn(CC3CCN(C(C)C)CC3F)c2)C=C1F. The summed E-state index contributed by atoms with van der Waals surface area (Å²) in [5, 5.41) is 7.31. The Balaban J connectivity index is 1.52. The number of allylic oxidation sites excluding steroid dienone is 1. The third-order valence-corrected chi connectivity index (χ3v) is 6.88. The molecule has 0 aliphatic carbocycles. The minimum Gasteiger partial charge on any atom is -0.398 e. The summed E-state index contributed by atoms with van der Waals surface area (Å²) in [6, 6.07) is 0.352. The number of nitrogens with one attached hydrogen (secondary N) is 1. The summed E-state index contributed by atoms with van der Waals surface area (Å²) in [6.07, 6.45) is 6.83. The van der Waals surface area contributed by atoms with E-state index in [-0.39, 0.29) is 5.92 Å². The van der Waals surface area contributed by atoms with Gasteiger partial charge in [-0.2, -0.15) is 5.10 Å². The monoisotopic (exact) mass is 490 g/mol. The predicted octanol–water partition coefficient (Wildman–Crippen LogP) is 3.14. The number of likely N-dealkylation sites (tertiary alicyclic amines) is 1. The van der Waals surface area contributed by atoms with Crippen molar-refractivity contribution in [1.82, 2.24) is 20.0 Å². The fourth-order valence-electron chi connectivity index (χ4n) is 4.72. The van der Waals surface area contributed by atoms with Crippen LogP contribution in [0.1, 0.15) is 38.7 Å². The van der Waals surface area contributed by atoms with Gasteiger partial charge in [0.05, 0.1) is 25.1 Å². The zero-order valence-corrected chi connectivity index (χ0v) is 20.7. The number of nitrogens with zero attached hydrogens (tertiary/aromatic N) is 4. The molecule has 0 aromatic carbocycles. The van der Waals surface area contributed by atoms with Gasteiger partial charge >= 0.3 is 0 Å². The van der Waals surface area contributed by atoms with Crippen LogP contribution in [0, 0.1) is 5.92 Å². The van der Waals surface area contributed by atoms with Crippen molar-refractivity contribution < 1.29 is 18.3 Å². The van der Waals surface area contributed by atoms with Crippen molar-refractivity contribution in [3.63, 3.8) is 0 Å². The third kappa shape index (κ3) is 6.17. The van der Waals surface area contributed by atoms with Crippen LogP contribution in [0.25, 0.3) is 5.70 Å². The molecule has 2 saturated heterocycles. The van der Waals surface area contributed by atoms with Gasteiger partial charge in [0.1, 0.15) is 6.17 Å². The first kappa shape index (κ1) is 25.5. The molecule has 35 heavy (non-hydrogen) atoms. The summed E-state index contributed by atoms with van der Waals surface area (Å²) in [6.45, 7) is 7.11. The number of rotatable bonds is 6. The predicted molar refractivity (Wildman–Crippen MR) is 132 cm³/mol. The van der Waals surface area contributed by atoms with Crippen molar-refractivity contribution in [2.45, 2.75) is 58.1 Å². The standard InChI is InChI=1S/C25H36F2N6O2/c1-16(2)32-7-4-17(22(27)15-32)13-33-14-18(11-30-33)24(28)20-5-8-35-9-6-23(20)31-19-10-21(26)25(34-3)29-12-19/h10-12,14,16-17,22,25,29H,4-9,13,15,28H2,1-3H3. The van der Waals surface area contributed by atoms with Crippen LogP contribution in [0.2, 0.25) is 0 Å². The molecule has 3 aliphatic rings. The van der Waals surface area contributed by atoms with E-state index in [9.17, 15) is 8.78 Å². The van der Waals surface area contributed by atoms with Crippen LogP contribution >= 0.6 is 0 Å². The molecule has 1 aromatic heterocycles. The lowest BCUT2D eigenvalue weighted by Gasteiger charge is -2.36. The number of alkyl halides is 1. The Hall–Kier alpha value is -2.56. The average Bonchev–Trinajstić information content (AvgIpc) is 3.18. The van der Waals surface area contributed by atoms with Crippen molar-refractivity contribution in [3.8, 4) is 0 Å². The van der Waals surface area contributed by atoms with Crippen LogP contribution < -0.4 is 11.1 Å². The number of ether oxygens (including phenoxy) is 2. The Bertz CT molecular complexity index is 1020. The maximum atomic E-state index is 14.8. The second-order valence-electron chi connectivity index (χ2n) is 9.55. The van der Waals surface area contributed by atoms with E-state index in [1.807, 2.05) is 6.20 Å². The van der Waals surface area contributed by atoms with Crippen molar-refractivity contribution in [3.05, 3.63) is 47.3 Å². The maximum Gasteiger partial charge on any atom is 0.179 e. The minimum absolute atomic E-state index is 0.0709. The zero-order valence-electron chi connectivity index (χ0n) is 20.7. The summed E-state index contributed by atoms with van der Waals surface area (Å²) >= 11 is 0. The first-order chi connectivity index (χ1) is 16.9. The Labute approximate surface area is 205 Å². The molecule has 3 N–H and O–H groups in total. The second-order valence-corrected chi connectivity index (χ2v) is 9.55. The summed E-state index contributed by atoms with van der Waals surface area (Å²) < 4.78 is 41.5. The number of hydrogen-bond donors (Lipinski definition) is 2. The lowest BCUT2D eigenvalue weighted by Crippen LogP contribution is -2.46. The Morgan fingerprint density at radius 3 is 2.89 bits per heavy atom. The highest BCUT2D eigenvalue weighted by Gasteiger charge is 2.30. The van der Waals surface area contributed by atoms with E-state index in [4.69, 9.17) is 15.2 Å². The highest BCUT2D eigenvalue weighted by molar-refractivity contribution is 6.06. The molecule has 3 atom stereocenters. The van der Waals surface area contributed by atoms with Crippen molar-refractivity contribution in [1.29, 1.82) is 0 Å². The number of dihydropyridines is 1. The van der Waals surface area contributed by atoms with Gasteiger partial charge in [0.25, 0.3) is 0 Å². The molecule has 10 heteroatoms. The number of methoxy groups -OCH3 is 1. The molecule has 1 aromatic rings. The fourth-order valence-corrected chi connectivity index (χ4v) is 4.72. The van der Waals surface area contributed by atoms with Gasteiger partial charge in [-0.3, -0.25) is 14.6 Å². The molecule has 3 aliphatic heterocycles. The molecular weight excluding hydrogens is 454 g/mol. The van der Waals surface area contributed by atoms with Gasteiger partial charge in [0, 0.05) is 74.0 Å². The van der Waals surface area contributed by atoms with E-state index in [1.165, 1.54) is 13.2 Å². The number of aliphatic imine (C=N–C) groups is 1. The molecular formula is C25H36F2N6O2. The second kappa shape index (κ2) is 11.5. The lowest BCUT2D eigenvalue weighted by molar-refractivity contribution is 0.0562. The van der Waals surface area contributed by atoms with E-state index in [2.05, 4.69) is 34.2 Å². The van der Waals surface area contributed by atoms with Gasteiger partial charge in [-0.05, 0) is 38.8 Å². The third-order valence-electron chi connectivity index (χ3n) is 6.88. The molecule has 0 bridgehead atoms. The van der Waals surface area contributed by atoms with Crippen LogP contribution in [0.3, 0.4) is 0 Å². The number of halogens is 2. The van der Waals surface area contributed by atoms with Gasteiger partial charge in [-0.1, -0.05) is 0 Å². The van der Waals surface area contributed by atoms with Crippen LogP contribution in [0.5, 0.6) is 0 Å². The summed E-state index contributed by atoms with van der Waals surface area (Å²) in [4.78, 5) is 6.86. The first-order valence-electron chi connectivity index (χ1n) is 12.3. The Morgan fingerprint density at radius 2 is 2.17 bits per heavy atom. The van der Waals surface area contributed by atoms with E-state index < -0.39 is 18.2 Å². The highest BCUT2D eigenvalue weighted by Crippen LogP contribution is 2.26. The van der Waals surface area contributed by atoms with Crippen LogP contribution in [-0.2, 0) is 16.0 Å². The minimum atomic E-state index is -0.879. The van der Waals surface area contributed by atoms with Gasteiger partial charge in [-0.25, -0.2) is 8.78 Å². The zero-order chi connectivity index (χ0) is 24.9. The molecule has 0 saturated carbocycles. The maximum absolute atomic E-state index is 14.8. The number of nitrogens with two attached hydrogens (primary N) is 1. The van der Waals surface area contributed by atoms with Gasteiger partial charge in [0.2, 0.25) is 0 Å². The molecule has 192 valence electrons. The van der Waals surface area contributed by atoms with Crippen molar-refractivity contribution >= 4 is 11.4 Å². The topological polar surface area (TPSA) is 89.9 Å². The first-order valence-corrected chi connectivity index (χ1v) is 12.3. The molecule has 4 rings (SSSR count). The van der Waals surface area contributed by atoms with E-state index in [0.717, 1.165) is 29.8 Å². The van der Waals surface area contributed by atoms with E-state index >= 15 is 0 Å². The summed E-state index contributed by atoms with van der Waals surface area (Å²) in [5.74, 6) is -0.511. The molecule has 0 spiro atoms. The van der Waals surface area contributed by atoms with Crippen LogP contribution in [0.15, 0.2) is 46.8 Å². The molecule has 0 amide bonds. The van der Waals surface area contributed by atoms with Gasteiger partial charge in [-0.15, -0.1) is 0 Å². The summed E-state index contributed by atoms with van der Waals surface area (Å²) in [5.41, 5.74) is 10.00. The number of piperidine rings is 1.